The second-order valence-electron chi connectivity index (χ2n) is 6.31. The molecule has 0 spiro atoms. The van der Waals surface area contributed by atoms with Crippen molar-refractivity contribution in [3.05, 3.63) is 64.4 Å². The van der Waals surface area contributed by atoms with E-state index < -0.39 is 6.17 Å². The summed E-state index contributed by atoms with van der Waals surface area (Å²) in [6.45, 7) is 1.51. The van der Waals surface area contributed by atoms with E-state index in [1.165, 1.54) is 18.7 Å². The SMILES string of the molecule is COc1cccc([C@H]2N(C(C)=O)c3ccccc3-c3c(=O)[nH]c(SC)n[n+]32)c1. The summed E-state index contributed by atoms with van der Waals surface area (Å²) < 4.78 is 6.99. The molecule has 0 unspecified atom stereocenters. The second-order valence-corrected chi connectivity index (χ2v) is 7.11. The smallest absolute Gasteiger partial charge is 0.325 e. The molecule has 1 atom stereocenters. The summed E-state index contributed by atoms with van der Waals surface area (Å²) in [5, 5.41) is 5.10. The molecule has 0 saturated carbocycles. The predicted molar refractivity (Wildman–Crippen MR) is 107 cm³/mol. The van der Waals surface area contributed by atoms with E-state index in [2.05, 4.69) is 10.1 Å². The second kappa shape index (κ2) is 7.12. The molecule has 28 heavy (non-hydrogen) atoms. The average Bonchev–Trinajstić information content (AvgIpc) is 2.72. The van der Waals surface area contributed by atoms with Crippen LogP contribution in [0.3, 0.4) is 0 Å². The van der Waals surface area contributed by atoms with Gasteiger partial charge in [-0.1, -0.05) is 30.0 Å². The Bertz CT molecular complexity index is 1130. The van der Waals surface area contributed by atoms with Gasteiger partial charge in [-0.15, -0.1) is 0 Å². The molecule has 7 nitrogen and oxygen atoms in total. The molecule has 1 aromatic heterocycles. The van der Waals surface area contributed by atoms with Crippen molar-refractivity contribution >= 4 is 23.4 Å². The van der Waals surface area contributed by atoms with Gasteiger partial charge in [0.1, 0.15) is 5.75 Å². The summed E-state index contributed by atoms with van der Waals surface area (Å²) in [4.78, 5) is 30.1. The number of para-hydroxylation sites is 1. The first kappa shape index (κ1) is 18.2. The molecule has 0 radical (unpaired) electrons. The number of amides is 1. The highest BCUT2D eigenvalue weighted by molar-refractivity contribution is 7.98. The fraction of sp³-hybridized carbons (Fsp3) is 0.200. The topological polar surface area (TPSA) is 79.2 Å². The molecule has 1 amide bonds. The zero-order chi connectivity index (χ0) is 19.8. The lowest BCUT2D eigenvalue weighted by molar-refractivity contribution is -0.763. The van der Waals surface area contributed by atoms with E-state index in [1.54, 1.807) is 16.7 Å². The van der Waals surface area contributed by atoms with Gasteiger partial charge in [-0.2, -0.15) is 0 Å². The molecule has 1 N–H and O–H groups in total. The number of carbonyl (C=O) groups is 1. The van der Waals surface area contributed by atoms with Crippen molar-refractivity contribution in [3.8, 4) is 17.0 Å². The van der Waals surface area contributed by atoms with Crippen molar-refractivity contribution in [2.45, 2.75) is 18.2 Å². The molecule has 2 heterocycles. The zero-order valence-electron chi connectivity index (χ0n) is 15.7. The molecular weight excluding hydrogens is 376 g/mol. The molecule has 1 aliphatic heterocycles. The third kappa shape index (κ3) is 2.86. The van der Waals surface area contributed by atoms with Crippen molar-refractivity contribution in [2.24, 2.45) is 0 Å². The number of benzene rings is 2. The summed E-state index contributed by atoms with van der Waals surface area (Å²) in [5.74, 6) is 0.517. The largest absolute Gasteiger partial charge is 0.497 e. The van der Waals surface area contributed by atoms with Gasteiger partial charge in [0.25, 0.3) is 6.17 Å². The molecule has 0 bridgehead atoms. The van der Waals surface area contributed by atoms with Crippen LogP contribution in [0.25, 0.3) is 11.3 Å². The number of rotatable bonds is 3. The van der Waals surface area contributed by atoms with Crippen LogP contribution in [-0.4, -0.2) is 29.4 Å². The molecular formula is C20H19N4O3S+. The summed E-state index contributed by atoms with van der Waals surface area (Å²) in [5.41, 5.74) is 2.30. The third-order valence-corrected chi connectivity index (χ3v) is 5.25. The number of nitrogens with zero attached hydrogens (tertiary/aromatic N) is 3. The summed E-state index contributed by atoms with van der Waals surface area (Å²) in [7, 11) is 1.59. The molecule has 4 rings (SSSR count). The first-order chi connectivity index (χ1) is 13.5. The first-order valence-corrected chi connectivity index (χ1v) is 9.91. The van der Waals surface area contributed by atoms with Gasteiger partial charge in [0.2, 0.25) is 11.1 Å². The van der Waals surface area contributed by atoms with Crippen LogP contribution < -0.4 is 19.9 Å². The lowest BCUT2D eigenvalue weighted by atomic mass is 10.0. The predicted octanol–water partition coefficient (Wildman–Crippen LogP) is 2.37. The maximum atomic E-state index is 12.9. The minimum Gasteiger partial charge on any atom is -0.497 e. The summed E-state index contributed by atoms with van der Waals surface area (Å²) in [6, 6.07) is 14.8. The number of anilines is 1. The Hall–Kier alpha value is -3.13. The fourth-order valence-corrected chi connectivity index (χ4v) is 3.87. The molecule has 0 fully saturated rings. The summed E-state index contributed by atoms with van der Waals surface area (Å²) in [6.07, 6.45) is 1.23. The van der Waals surface area contributed by atoms with E-state index >= 15 is 0 Å². The molecule has 2 aromatic carbocycles. The Labute approximate surface area is 166 Å². The number of thioether (sulfide) groups is 1. The maximum Gasteiger partial charge on any atom is 0.325 e. The standard InChI is InChI=1S/C20H18N4O3S/c1-12(25)23-16-10-5-4-9-15(16)17-18(26)21-20(28-3)22-24(17)19(23)13-7-6-8-14(11-13)27-2/h4-11,19H,1-3H3/p+1/t19-/m0/s1. The number of carbonyl (C=O) groups excluding carboxylic acids is 1. The van der Waals surface area contributed by atoms with Gasteiger partial charge in [-0.3, -0.25) is 14.6 Å². The van der Waals surface area contributed by atoms with Crippen molar-refractivity contribution in [2.75, 3.05) is 18.3 Å². The Kier molecular flexibility index (Phi) is 4.64. The number of hydrogen-bond donors (Lipinski definition) is 1. The van der Waals surface area contributed by atoms with Crippen molar-refractivity contribution in [1.29, 1.82) is 0 Å². The number of H-pyrrole nitrogens is 1. The van der Waals surface area contributed by atoms with Crippen LogP contribution in [0.2, 0.25) is 0 Å². The number of aromatic nitrogens is 3. The van der Waals surface area contributed by atoms with E-state index in [1.807, 2.05) is 54.8 Å². The average molecular weight is 395 g/mol. The first-order valence-electron chi connectivity index (χ1n) is 8.68. The van der Waals surface area contributed by atoms with Crippen molar-refractivity contribution in [3.63, 3.8) is 0 Å². The van der Waals surface area contributed by atoms with E-state index in [4.69, 9.17) is 4.74 Å². The number of nitrogens with one attached hydrogen (secondary N) is 1. The highest BCUT2D eigenvalue weighted by atomic mass is 32.2. The fourth-order valence-electron chi connectivity index (χ4n) is 3.51. The number of aromatic amines is 1. The normalized spacial score (nSPS) is 15.0. The Morgan fingerprint density at radius 2 is 2.04 bits per heavy atom. The van der Waals surface area contributed by atoms with Crippen LogP contribution in [0.1, 0.15) is 18.7 Å². The lowest BCUT2D eigenvalue weighted by Gasteiger charge is -2.31. The van der Waals surface area contributed by atoms with E-state index in [9.17, 15) is 9.59 Å². The molecule has 3 aromatic rings. The quantitative estimate of drug-likeness (QED) is 0.544. The van der Waals surface area contributed by atoms with Crippen LogP contribution in [0, 0.1) is 0 Å². The van der Waals surface area contributed by atoms with Gasteiger partial charge in [-0.25, -0.2) is 4.90 Å². The molecule has 142 valence electrons. The molecule has 8 heteroatoms. The van der Waals surface area contributed by atoms with Crippen LogP contribution in [0.15, 0.2) is 58.5 Å². The van der Waals surface area contributed by atoms with Gasteiger partial charge >= 0.3 is 11.3 Å². The number of ether oxygens (including phenoxy) is 1. The highest BCUT2D eigenvalue weighted by Gasteiger charge is 2.44. The van der Waals surface area contributed by atoms with Gasteiger partial charge in [-0.05, 0) is 41.3 Å². The monoisotopic (exact) mass is 395 g/mol. The lowest BCUT2D eigenvalue weighted by Crippen LogP contribution is -2.60. The Balaban J connectivity index is 2.08. The molecule has 1 aliphatic rings. The van der Waals surface area contributed by atoms with E-state index in [0.717, 1.165) is 5.56 Å². The van der Waals surface area contributed by atoms with Crippen LogP contribution in [-0.2, 0) is 4.79 Å². The van der Waals surface area contributed by atoms with Gasteiger partial charge in [0, 0.05) is 17.6 Å². The Morgan fingerprint density at radius 3 is 2.75 bits per heavy atom. The maximum absolute atomic E-state index is 12.9. The minimum atomic E-state index is -0.606. The van der Waals surface area contributed by atoms with E-state index in [-0.39, 0.29) is 11.5 Å². The third-order valence-electron chi connectivity index (χ3n) is 4.68. The number of fused-ring (bicyclic) bond motifs is 3. The summed E-state index contributed by atoms with van der Waals surface area (Å²) >= 11 is 1.34. The van der Waals surface area contributed by atoms with Gasteiger partial charge in [0.15, 0.2) is 0 Å². The van der Waals surface area contributed by atoms with Gasteiger partial charge in [0.05, 0.1) is 18.4 Å². The van der Waals surface area contributed by atoms with Crippen LogP contribution in [0.5, 0.6) is 5.75 Å². The van der Waals surface area contributed by atoms with Crippen molar-refractivity contribution in [1.82, 2.24) is 10.1 Å². The minimum absolute atomic E-state index is 0.147. The van der Waals surface area contributed by atoms with E-state index in [0.29, 0.717) is 27.9 Å². The highest BCUT2D eigenvalue weighted by Crippen LogP contribution is 2.37. The Morgan fingerprint density at radius 1 is 1.25 bits per heavy atom. The van der Waals surface area contributed by atoms with Crippen LogP contribution >= 0.6 is 11.8 Å². The number of hydrogen-bond acceptors (Lipinski definition) is 5. The van der Waals surface area contributed by atoms with Gasteiger partial charge < -0.3 is 4.74 Å². The van der Waals surface area contributed by atoms with Crippen LogP contribution in [0.4, 0.5) is 5.69 Å². The van der Waals surface area contributed by atoms with Crippen molar-refractivity contribution < 1.29 is 14.2 Å². The molecule has 0 saturated heterocycles. The zero-order valence-corrected chi connectivity index (χ0v) is 16.5. The molecule has 0 aliphatic carbocycles. The number of methoxy groups -OCH3 is 1.